The first-order chi connectivity index (χ1) is 8.39. The molecule has 0 aliphatic carbocycles. The van der Waals surface area contributed by atoms with Crippen molar-refractivity contribution in [3.05, 3.63) is 22.9 Å². The quantitative estimate of drug-likeness (QED) is 0.828. The van der Waals surface area contributed by atoms with Crippen LogP contribution in [0.25, 0.3) is 0 Å². The third-order valence-electron chi connectivity index (χ3n) is 2.31. The molecule has 0 aliphatic heterocycles. The van der Waals surface area contributed by atoms with E-state index < -0.39 is 10.0 Å². The number of nitrogens with zero attached hydrogens (tertiary/aromatic N) is 3. The van der Waals surface area contributed by atoms with E-state index in [9.17, 15) is 8.42 Å². The highest BCUT2D eigenvalue weighted by molar-refractivity contribution is 9.10. The van der Waals surface area contributed by atoms with Crippen LogP contribution < -0.4 is 0 Å². The fraction of sp³-hybridized carbons (Fsp3) is 0.455. The Morgan fingerprint density at radius 3 is 2.67 bits per heavy atom. The fourth-order valence-electron chi connectivity index (χ4n) is 1.48. The summed E-state index contributed by atoms with van der Waals surface area (Å²) < 4.78 is 26.7. The van der Waals surface area contributed by atoms with Crippen molar-refractivity contribution in [1.29, 1.82) is 5.26 Å². The smallest absolute Gasteiger partial charge is 0.244 e. The van der Waals surface area contributed by atoms with Crippen molar-refractivity contribution >= 4 is 26.0 Å². The third kappa shape index (κ3) is 3.51. The standard InChI is InChI=1S/C11H14BrN3O2S/c1-9(2)15(5-3-4-13)18(16,17)11-6-10(12)7-14-8-11/h6-9H,3,5H2,1-2H3. The maximum atomic E-state index is 12.4. The summed E-state index contributed by atoms with van der Waals surface area (Å²) in [5.74, 6) is 0. The molecule has 0 saturated carbocycles. The Bertz CT molecular complexity index is 552. The first kappa shape index (κ1) is 15.1. The average Bonchev–Trinajstić information content (AvgIpc) is 2.28. The van der Waals surface area contributed by atoms with Gasteiger partial charge in [0.15, 0.2) is 0 Å². The monoisotopic (exact) mass is 331 g/mol. The Morgan fingerprint density at radius 1 is 1.50 bits per heavy atom. The molecular weight excluding hydrogens is 318 g/mol. The molecule has 7 heteroatoms. The van der Waals surface area contributed by atoms with Crippen molar-refractivity contribution in [2.75, 3.05) is 6.54 Å². The predicted octanol–water partition coefficient (Wildman–Crippen LogP) is 2.16. The van der Waals surface area contributed by atoms with E-state index in [1.807, 2.05) is 6.07 Å². The van der Waals surface area contributed by atoms with Gasteiger partial charge in [-0.3, -0.25) is 4.98 Å². The number of aromatic nitrogens is 1. The van der Waals surface area contributed by atoms with Gasteiger partial charge in [0, 0.05) is 35.9 Å². The SMILES string of the molecule is CC(C)N(CCC#N)S(=O)(=O)c1cncc(Br)c1. The molecule has 1 aromatic heterocycles. The van der Waals surface area contributed by atoms with Gasteiger partial charge in [-0.1, -0.05) is 0 Å². The molecule has 0 spiro atoms. The lowest BCUT2D eigenvalue weighted by Crippen LogP contribution is -2.37. The summed E-state index contributed by atoms with van der Waals surface area (Å²) in [6.45, 7) is 3.74. The summed E-state index contributed by atoms with van der Waals surface area (Å²) in [5.41, 5.74) is 0. The van der Waals surface area contributed by atoms with Crippen molar-refractivity contribution in [1.82, 2.24) is 9.29 Å². The predicted molar refractivity (Wildman–Crippen MR) is 71.2 cm³/mol. The summed E-state index contributed by atoms with van der Waals surface area (Å²) in [7, 11) is -3.61. The molecule has 0 fully saturated rings. The highest BCUT2D eigenvalue weighted by atomic mass is 79.9. The molecule has 5 nitrogen and oxygen atoms in total. The maximum Gasteiger partial charge on any atom is 0.244 e. The van der Waals surface area contributed by atoms with E-state index in [1.165, 1.54) is 22.8 Å². The largest absolute Gasteiger partial charge is 0.262 e. The molecule has 1 heterocycles. The zero-order valence-corrected chi connectivity index (χ0v) is 12.6. The minimum Gasteiger partial charge on any atom is -0.262 e. The Kier molecular flexibility index (Phi) is 5.26. The van der Waals surface area contributed by atoms with Crippen LogP contribution in [0, 0.1) is 11.3 Å². The van der Waals surface area contributed by atoms with Gasteiger partial charge in [-0.05, 0) is 35.8 Å². The van der Waals surface area contributed by atoms with Crippen molar-refractivity contribution in [3.8, 4) is 6.07 Å². The highest BCUT2D eigenvalue weighted by Crippen LogP contribution is 2.20. The van der Waals surface area contributed by atoms with Gasteiger partial charge in [0.1, 0.15) is 4.90 Å². The Labute approximate surface area is 116 Å². The van der Waals surface area contributed by atoms with E-state index in [0.717, 1.165) is 0 Å². The molecule has 1 rings (SSSR count). The van der Waals surface area contributed by atoms with Gasteiger partial charge < -0.3 is 0 Å². The number of hydrogen-bond donors (Lipinski definition) is 0. The first-order valence-electron chi connectivity index (χ1n) is 5.39. The number of sulfonamides is 1. The van der Waals surface area contributed by atoms with Crippen LogP contribution in [0.4, 0.5) is 0 Å². The third-order valence-corrected chi connectivity index (χ3v) is 4.78. The van der Waals surface area contributed by atoms with Crippen molar-refractivity contribution in [3.63, 3.8) is 0 Å². The number of rotatable bonds is 5. The highest BCUT2D eigenvalue weighted by Gasteiger charge is 2.26. The molecular formula is C11H14BrN3O2S. The van der Waals surface area contributed by atoms with E-state index in [1.54, 1.807) is 13.8 Å². The van der Waals surface area contributed by atoms with E-state index in [4.69, 9.17) is 5.26 Å². The van der Waals surface area contributed by atoms with Crippen LogP contribution in [-0.4, -0.2) is 30.3 Å². The lowest BCUT2D eigenvalue weighted by Gasteiger charge is -2.24. The molecule has 0 unspecified atom stereocenters. The van der Waals surface area contributed by atoms with Crippen LogP contribution in [-0.2, 0) is 10.0 Å². The molecule has 0 amide bonds. The van der Waals surface area contributed by atoms with Crippen molar-refractivity contribution in [2.24, 2.45) is 0 Å². The summed E-state index contributed by atoms with van der Waals surface area (Å²) in [6, 6.07) is 3.25. The van der Waals surface area contributed by atoms with E-state index >= 15 is 0 Å². The Hall–Kier alpha value is -0.970. The summed E-state index contributed by atoms with van der Waals surface area (Å²) >= 11 is 3.20. The van der Waals surface area contributed by atoms with E-state index in [-0.39, 0.29) is 23.9 Å². The molecule has 0 bridgehead atoms. The van der Waals surface area contributed by atoms with Gasteiger partial charge in [-0.2, -0.15) is 9.57 Å². The van der Waals surface area contributed by atoms with Gasteiger partial charge in [-0.25, -0.2) is 8.42 Å². The molecule has 0 aromatic carbocycles. The number of hydrogen-bond acceptors (Lipinski definition) is 4. The molecule has 0 N–H and O–H groups in total. The molecule has 18 heavy (non-hydrogen) atoms. The molecule has 0 radical (unpaired) electrons. The zero-order chi connectivity index (χ0) is 13.8. The van der Waals surface area contributed by atoms with Gasteiger partial charge in [-0.15, -0.1) is 0 Å². The summed E-state index contributed by atoms with van der Waals surface area (Å²) in [4.78, 5) is 3.98. The van der Waals surface area contributed by atoms with Gasteiger partial charge in [0.2, 0.25) is 10.0 Å². The molecule has 0 aliphatic rings. The zero-order valence-electron chi connectivity index (χ0n) is 10.2. The van der Waals surface area contributed by atoms with Crippen LogP contribution in [0.1, 0.15) is 20.3 Å². The maximum absolute atomic E-state index is 12.4. The number of nitriles is 1. The van der Waals surface area contributed by atoms with Crippen LogP contribution >= 0.6 is 15.9 Å². The first-order valence-corrected chi connectivity index (χ1v) is 7.62. The van der Waals surface area contributed by atoms with Gasteiger partial charge >= 0.3 is 0 Å². The van der Waals surface area contributed by atoms with E-state index in [0.29, 0.717) is 4.47 Å². The molecule has 1 aromatic rings. The second-order valence-corrected chi connectivity index (χ2v) is 6.76. The molecule has 0 saturated heterocycles. The average molecular weight is 332 g/mol. The summed E-state index contributed by atoms with van der Waals surface area (Å²) in [5, 5.41) is 8.59. The van der Waals surface area contributed by atoms with Crippen LogP contribution in [0.5, 0.6) is 0 Å². The van der Waals surface area contributed by atoms with Crippen molar-refractivity contribution < 1.29 is 8.42 Å². The van der Waals surface area contributed by atoms with Crippen LogP contribution in [0.3, 0.4) is 0 Å². The Balaban J connectivity index is 3.14. The normalized spacial score (nSPS) is 11.8. The molecule has 0 atom stereocenters. The topological polar surface area (TPSA) is 74.1 Å². The molecule has 98 valence electrons. The summed E-state index contributed by atoms with van der Waals surface area (Å²) in [6.07, 6.45) is 2.99. The van der Waals surface area contributed by atoms with E-state index in [2.05, 4.69) is 20.9 Å². The lowest BCUT2D eigenvalue weighted by atomic mass is 10.3. The van der Waals surface area contributed by atoms with Crippen LogP contribution in [0.2, 0.25) is 0 Å². The minimum atomic E-state index is -3.61. The fourth-order valence-corrected chi connectivity index (χ4v) is 3.63. The van der Waals surface area contributed by atoms with Crippen molar-refractivity contribution in [2.45, 2.75) is 31.2 Å². The number of halogens is 1. The second kappa shape index (κ2) is 6.27. The van der Waals surface area contributed by atoms with Crippen LogP contribution in [0.15, 0.2) is 27.8 Å². The van der Waals surface area contributed by atoms with Gasteiger partial charge in [0.05, 0.1) is 6.07 Å². The van der Waals surface area contributed by atoms with Gasteiger partial charge in [0.25, 0.3) is 0 Å². The second-order valence-electron chi connectivity index (χ2n) is 3.96. The lowest BCUT2D eigenvalue weighted by molar-refractivity contribution is 0.360. The Morgan fingerprint density at radius 2 is 2.17 bits per heavy atom. The number of pyridine rings is 1. The minimum absolute atomic E-state index is 0.128.